The lowest BCUT2D eigenvalue weighted by Gasteiger charge is -2.21. The lowest BCUT2D eigenvalue weighted by molar-refractivity contribution is -0.138. The summed E-state index contributed by atoms with van der Waals surface area (Å²) in [6.07, 6.45) is -0.104. The SMILES string of the molecule is N/C(=N\c1ncccn1)C(=O)N1CC2CC(c3ccccc3C(F)(F)F)CC2C1. The molecule has 2 unspecified atom stereocenters. The van der Waals surface area contributed by atoms with E-state index in [1.54, 1.807) is 23.1 Å². The zero-order valence-corrected chi connectivity index (χ0v) is 15.5. The number of amides is 1. The molecule has 0 radical (unpaired) electrons. The minimum Gasteiger partial charge on any atom is -0.379 e. The average Bonchev–Trinajstić information content (AvgIpc) is 3.26. The normalized spacial score (nSPS) is 24.6. The molecule has 9 heteroatoms. The van der Waals surface area contributed by atoms with Crippen LogP contribution in [-0.4, -0.2) is 39.7 Å². The lowest BCUT2D eigenvalue weighted by atomic mass is 9.91. The van der Waals surface area contributed by atoms with E-state index >= 15 is 0 Å². The van der Waals surface area contributed by atoms with Gasteiger partial charge in [0.25, 0.3) is 11.9 Å². The molecule has 1 aliphatic carbocycles. The fourth-order valence-corrected chi connectivity index (χ4v) is 4.50. The predicted molar refractivity (Wildman–Crippen MR) is 100 cm³/mol. The van der Waals surface area contributed by atoms with Crippen LogP contribution in [0.1, 0.15) is 29.9 Å². The maximum atomic E-state index is 13.3. The van der Waals surface area contributed by atoms with Gasteiger partial charge in [-0.2, -0.15) is 18.2 Å². The number of aromatic nitrogens is 2. The van der Waals surface area contributed by atoms with Gasteiger partial charge in [-0.3, -0.25) is 4.79 Å². The molecule has 2 fully saturated rings. The number of likely N-dealkylation sites (tertiary alicyclic amines) is 1. The fraction of sp³-hybridized carbons (Fsp3) is 0.400. The summed E-state index contributed by atoms with van der Waals surface area (Å²) in [5.74, 6) is -0.295. The van der Waals surface area contributed by atoms with Crippen molar-refractivity contribution in [2.45, 2.75) is 24.9 Å². The predicted octanol–water partition coefficient (Wildman–Crippen LogP) is 3.14. The molecule has 0 bridgehead atoms. The molecule has 6 nitrogen and oxygen atoms in total. The summed E-state index contributed by atoms with van der Waals surface area (Å²) in [6.45, 7) is 0.945. The molecule has 1 aromatic heterocycles. The standard InChI is InChI=1S/C20H20F3N5O/c21-20(22,23)16-5-2-1-4-15(16)12-8-13-10-28(11-14(13)9-12)18(29)17(24)27-19-25-6-3-7-26-19/h1-7,12-14H,8-11H2,(H2,24,25,26,27). The van der Waals surface area contributed by atoms with Crippen molar-refractivity contribution in [1.29, 1.82) is 0 Å². The number of hydrogen-bond acceptors (Lipinski definition) is 4. The summed E-state index contributed by atoms with van der Waals surface area (Å²) in [7, 11) is 0. The number of aliphatic imine (C=N–C) groups is 1. The molecule has 1 saturated heterocycles. The number of rotatable bonds is 2. The molecule has 1 aromatic carbocycles. The second kappa shape index (κ2) is 7.46. The number of benzene rings is 1. The summed E-state index contributed by atoms with van der Waals surface area (Å²) < 4.78 is 40.0. The molecule has 4 rings (SSSR count). The second-order valence-corrected chi connectivity index (χ2v) is 7.53. The summed E-state index contributed by atoms with van der Waals surface area (Å²) in [4.78, 5) is 26.0. The number of carbonyl (C=O) groups excluding carboxylic acids is 1. The molecule has 1 aliphatic heterocycles. The van der Waals surface area contributed by atoms with Gasteiger partial charge in [-0.1, -0.05) is 18.2 Å². The maximum Gasteiger partial charge on any atom is 0.416 e. The van der Waals surface area contributed by atoms with Crippen LogP contribution in [0.2, 0.25) is 0 Å². The first-order chi connectivity index (χ1) is 13.8. The van der Waals surface area contributed by atoms with Crippen LogP contribution in [0.5, 0.6) is 0 Å². The van der Waals surface area contributed by atoms with Crippen LogP contribution >= 0.6 is 0 Å². The van der Waals surface area contributed by atoms with Gasteiger partial charge in [-0.25, -0.2) is 9.97 Å². The van der Waals surface area contributed by atoms with E-state index in [0.29, 0.717) is 31.5 Å². The van der Waals surface area contributed by atoms with E-state index in [1.807, 2.05) is 0 Å². The van der Waals surface area contributed by atoms with Gasteiger partial charge in [0, 0.05) is 25.5 Å². The lowest BCUT2D eigenvalue weighted by Crippen LogP contribution is -2.39. The number of carbonyl (C=O) groups is 1. The Balaban J connectivity index is 1.43. The minimum atomic E-state index is -4.36. The summed E-state index contributed by atoms with van der Waals surface area (Å²) in [6, 6.07) is 7.41. The molecule has 0 spiro atoms. The summed E-state index contributed by atoms with van der Waals surface area (Å²) in [5.41, 5.74) is 5.62. The Morgan fingerprint density at radius 2 is 1.69 bits per heavy atom. The van der Waals surface area contributed by atoms with Crippen LogP contribution in [0.4, 0.5) is 19.1 Å². The highest BCUT2D eigenvalue weighted by atomic mass is 19.4. The van der Waals surface area contributed by atoms with Crippen molar-refractivity contribution in [3.63, 3.8) is 0 Å². The van der Waals surface area contributed by atoms with E-state index in [1.165, 1.54) is 18.5 Å². The zero-order chi connectivity index (χ0) is 20.6. The molecule has 2 N–H and O–H groups in total. The van der Waals surface area contributed by atoms with Crippen molar-refractivity contribution in [2.75, 3.05) is 13.1 Å². The van der Waals surface area contributed by atoms with Crippen LogP contribution in [0.15, 0.2) is 47.7 Å². The van der Waals surface area contributed by atoms with Crippen molar-refractivity contribution in [1.82, 2.24) is 14.9 Å². The number of alkyl halides is 3. The first-order valence-electron chi connectivity index (χ1n) is 9.39. The van der Waals surface area contributed by atoms with Gasteiger partial charge in [-0.15, -0.1) is 0 Å². The molecule has 1 saturated carbocycles. The van der Waals surface area contributed by atoms with E-state index in [0.717, 1.165) is 6.07 Å². The van der Waals surface area contributed by atoms with Gasteiger partial charge in [0.2, 0.25) is 0 Å². The number of nitrogens with two attached hydrogens (primary N) is 1. The van der Waals surface area contributed by atoms with E-state index in [-0.39, 0.29) is 35.4 Å². The van der Waals surface area contributed by atoms with Crippen LogP contribution < -0.4 is 5.73 Å². The monoisotopic (exact) mass is 403 g/mol. The summed E-state index contributed by atoms with van der Waals surface area (Å²) in [5, 5.41) is 0. The van der Waals surface area contributed by atoms with E-state index in [2.05, 4.69) is 15.0 Å². The van der Waals surface area contributed by atoms with Crippen LogP contribution in [0.25, 0.3) is 0 Å². The van der Waals surface area contributed by atoms with Crippen molar-refractivity contribution in [2.24, 2.45) is 22.6 Å². The highest BCUT2D eigenvalue weighted by molar-refractivity contribution is 6.37. The first kappa shape index (κ1) is 19.4. The molecule has 2 aromatic rings. The van der Waals surface area contributed by atoms with Gasteiger partial charge < -0.3 is 10.6 Å². The molecular weight excluding hydrogens is 383 g/mol. The highest BCUT2D eigenvalue weighted by Crippen LogP contribution is 2.48. The van der Waals surface area contributed by atoms with Gasteiger partial charge in [0.05, 0.1) is 5.56 Å². The number of hydrogen-bond donors (Lipinski definition) is 1. The Hall–Kier alpha value is -2.97. The van der Waals surface area contributed by atoms with E-state index in [9.17, 15) is 18.0 Å². The van der Waals surface area contributed by atoms with Gasteiger partial charge in [-0.05, 0) is 48.3 Å². The Labute approximate surface area is 165 Å². The van der Waals surface area contributed by atoms with Crippen molar-refractivity contribution in [3.05, 3.63) is 53.9 Å². The summed E-state index contributed by atoms with van der Waals surface area (Å²) >= 11 is 0. The van der Waals surface area contributed by atoms with Gasteiger partial charge in [0.1, 0.15) is 0 Å². The molecular formula is C20H20F3N5O. The quantitative estimate of drug-likeness (QED) is 0.617. The third-order valence-electron chi connectivity index (χ3n) is 5.74. The fourth-order valence-electron chi connectivity index (χ4n) is 4.50. The maximum absolute atomic E-state index is 13.3. The number of amidine groups is 1. The Morgan fingerprint density at radius 1 is 1.07 bits per heavy atom. The van der Waals surface area contributed by atoms with Crippen LogP contribution in [-0.2, 0) is 11.0 Å². The van der Waals surface area contributed by atoms with Crippen LogP contribution in [0.3, 0.4) is 0 Å². The van der Waals surface area contributed by atoms with E-state index < -0.39 is 11.7 Å². The van der Waals surface area contributed by atoms with Crippen molar-refractivity contribution < 1.29 is 18.0 Å². The number of halogens is 3. The molecule has 2 atom stereocenters. The minimum absolute atomic E-state index is 0.113. The largest absolute Gasteiger partial charge is 0.416 e. The Morgan fingerprint density at radius 3 is 2.31 bits per heavy atom. The van der Waals surface area contributed by atoms with Gasteiger partial charge >= 0.3 is 6.18 Å². The number of fused-ring (bicyclic) bond motifs is 1. The second-order valence-electron chi connectivity index (χ2n) is 7.53. The molecule has 2 heterocycles. The average molecular weight is 403 g/mol. The first-order valence-corrected chi connectivity index (χ1v) is 9.39. The third kappa shape index (κ3) is 3.94. The Kier molecular flexibility index (Phi) is 4.97. The Bertz CT molecular complexity index is 917. The number of nitrogens with zero attached hydrogens (tertiary/aromatic N) is 4. The molecule has 29 heavy (non-hydrogen) atoms. The zero-order valence-electron chi connectivity index (χ0n) is 15.5. The highest BCUT2D eigenvalue weighted by Gasteiger charge is 2.45. The third-order valence-corrected chi connectivity index (χ3v) is 5.74. The van der Waals surface area contributed by atoms with E-state index in [4.69, 9.17) is 5.73 Å². The molecule has 152 valence electrons. The van der Waals surface area contributed by atoms with Gasteiger partial charge in [0.15, 0.2) is 5.84 Å². The topological polar surface area (TPSA) is 84.5 Å². The molecule has 1 amide bonds. The van der Waals surface area contributed by atoms with Crippen LogP contribution in [0, 0.1) is 11.8 Å². The smallest absolute Gasteiger partial charge is 0.379 e. The molecule has 2 aliphatic rings. The van der Waals surface area contributed by atoms with Crippen molar-refractivity contribution in [3.8, 4) is 0 Å². The van der Waals surface area contributed by atoms with Crippen molar-refractivity contribution >= 4 is 17.7 Å².